The van der Waals surface area contributed by atoms with Gasteiger partial charge in [-0.1, -0.05) is 12.8 Å². The third-order valence-electron chi connectivity index (χ3n) is 3.37. The Morgan fingerprint density at radius 2 is 2.00 bits per heavy atom. The van der Waals surface area contributed by atoms with E-state index in [4.69, 9.17) is 4.74 Å². The van der Waals surface area contributed by atoms with Crippen LogP contribution in [0.25, 0.3) is 0 Å². The first-order valence-electron chi connectivity index (χ1n) is 6.64. The first-order valence-corrected chi connectivity index (χ1v) is 6.64. The fourth-order valence-electron chi connectivity index (χ4n) is 2.35. The van der Waals surface area contributed by atoms with Crippen molar-refractivity contribution in [3.05, 3.63) is 0 Å². The van der Waals surface area contributed by atoms with Crippen LogP contribution >= 0.6 is 0 Å². The second-order valence-corrected chi connectivity index (χ2v) is 5.01. The molecular formula is C13H25NO3. The van der Waals surface area contributed by atoms with Crippen molar-refractivity contribution in [1.82, 2.24) is 5.32 Å². The first-order chi connectivity index (χ1) is 8.16. The lowest BCUT2D eigenvalue weighted by atomic mass is 9.98. The number of ether oxygens (including phenoxy) is 1. The fourth-order valence-corrected chi connectivity index (χ4v) is 2.35. The third-order valence-corrected chi connectivity index (χ3v) is 3.37. The molecule has 0 unspecified atom stereocenters. The van der Waals surface area contributed by atoms with E-state index in [0.717, 1.165) is 51.6 Å². The molecule has 2 N–H and O–H groups in total. The van der Waals surface area contributed by atoms with Gasteiger partial charge in [0, 0.05) is 20.3 Å². The molecule has 1 fully saturated rings. The molecule has 100 valence electrons. The van der Waals surface area contributed by atoms with Gasteiger partial charge < -0.3 is 15.2 Å². The highest BCUT2D eigenvalue weighted by atomic mass is 16.5. The number of amides is 1. The predicted molar refractivity (Wildman–Crippen MR) is 66.8 cm³/mol. The monoisotopic (exact) mass is 243 g/mol. The minimum absolute atomic E-state index is 0.0128. The lowest BCUT2D eigenvalue weighted by Crippen LogP contribution is -2.35. The summed E-state index contributed by atoms with van der Waals surface area (Å²) in [6, 6.07) is 0. The van der Waals surface area contributed by atoms with Crippen molar-refractivity contribution in [2.24, 2.45) is 0 Å². The molecule has 0 heterocycles. The first kappa shape index (κ1) is 14.5. The largest absolute Gasteiger partial charge is 0.389 e. The maximum absolute atomic E-state index is 11.6. The molecule has 4 heteroatoms. The van der Waals surface area contributed by atoms with E-state index >= 15 is 0 Å². The summed E-state index contributed by atoms with van der Waals surface area (Å²) in [5.41, 5.74) is -0.722. The van der Waals surface area contributed by atoms with Crippen molar-refractivity contribution in [3.63, 3.8) is 0 Å². The molecule has 1 aliphatic carbocycles. The molecule has 0 aromatic carbocycles. The highest BCUT2D eigenvalue weighted by molar-refractivity contribution is 5.77. The maximum Gasteiger partial charge on any atom is 0.222 e. The molecule has 1 amide bonds. The number of nitrogens with one attached hydrogen (secondary N) is 1. The van der Waals surface area contributed by atoms with Gasteiger partial charge in [0.25, 0.3) is 0 Å². The summed E-state index contributed by atoms with van der Waals surface area (Å²) in [7, 11) is 1.70. The molecule has 0 aliphatic heterocycles. The van der Waals surface area contributed by atoms with Crippen molar-refractivity contribution in [2.45, 2.75) is 57.0 Å². The minimum atomic E-state index is -0.722. The lowest BCUT2D eigenvalue weighted by Gasteiger charge is -2.21. The van der Waals surface area contributed by atoms with Crippen molar-refractivity contribution >= 4 is 5.91 Å². The smallest absolute Gasteiger partial charge is 0.222 e. The van der Waals surface area contributed by atoms with Gasteiger partial charge in [0.1, 0.15) is 0 Å². The van der Waals surface area contributed by atoms with Gasteiger partial charge in [-0.05, 0) is 32.1 Å². The maximum atomic E-state index is 11.6. The van der Waals surface area contributed by atoms with Gasteiger partial charge in [-0.25, -0.2) is 0 Å². The van der Waals surface area contributed by atoms with E-state index in [1.54, 1.807) is 7.11 Å². The van der Waals surface area contributed by atoms with Crippen molar-refractivity contribution < 1.29 is 14.6 Å². The van der Waals surface area contributed by atoms with Gasteiger partial charge in [-0.3, -0.25) is 4.79 Å². The molecule has 0 saturated heterocycles. The standard InChI is InChI=1S/C13H25NO3/c1-17-10-6-2-5-9-14-12(15)11-13(16)7-3-4-8-13/h16H,2-11H2,1H3,(H,14,15). The molecule has 0 spiro atoms. The van der Waals surface area contributed by atoms with Crippen LogP contribution in [0.1, 0.15) is 51.4 Å². The van der Waals surface area contributed by atoms with Crippen LogP contribution in [-0.4, -0.2) is 36.9 Å². The van der Waals surface area contributed by atoms with E-state index in [-0.39, 0.29) is 12.3 Å². The Hall–Kier alpha value is -0.610. The summed E-state index contributed by atoms with van der Waals surface area (Å²) >= 11 is 0. The number of carbonyl (C=O) groups is 1. The van der Waals surface area contributed by atoms with Gasteiger partial charge in [0.15, 0.2) is 0 Å². The molecule has 1 saturated carbocycles. The summed E-state index contributed by atoms with van der Waals surface area (Å²) in [5, 5.41) is 12.9. The fraction of sp³-hybridized carbons (Fsp3) is 0.923. The van der Waals surface area contributed by atoms with Gasteiger partial charge in [-0.2, -0.15) is 0 Å². The number of methoxy groups -OCH3 is 1. The van der Waals surface area contributed by atoms with Crippen LogP contribution in [0, 0.1) is 0 Å². The molecule has 0 aromatic rings. The third kappa shape index (κ3) is 6.03. The summed E-state index contributed by atoms with van der Waals surface area (Å²) in [6.07, 6.45) is 6.98. The molecule has 0 aromatic heterocycles. The summed E-state index contributed by atoms with van der Waals surface area (Å²) in [5.74, 6) is -0.0128. The highest BCUT2D eigenvalue weighted by Gasteiger charge is 2.33. The number of hydrogen-bond acceptors (Lipinski definition) is 3. The van der Waals surface area contributed by atoms with Gasteiger partial charge in [-0.15, -0.1) is 0 Å². The Balaban J connectivity index is 2.01. The van der Waals surface area contributed by atoms with E-state index in [0.29, 0.717) is 6.54 Å². The van der Waals surface area contributed by atoms with E-state index < -0.39 is 5.60 Å². The average Bonchev–Trinajstić information content (AvgIpc) is 2.70. The van der Waals surface area contributed by atoms with E-state index in [2.05, 4.69) is 5.32 Å². The zero-order valence-corrected chi connectivity index (χ0v) is 10.8. The molecular weight excluding hydrogens is 218 g/mol. The number of unbranched alkanes of at least 4 members (excludes halogenated alkanes) is 2. The second kappa shape index (κ2) is 7.67. The van der Waals surface area contributed by atoms with Crippen LogP contribution in [0.15, 0.2) is 0 Å². The Labute approximate surface area is 104 Å². The summed E-state index contributed by atoms with van der Waals surface area (Å²) in [4.78, 5) is 11.6. The van der Waals surface area contributed by atoms with Crippen LogP contribution in [0.3, 0.4) is 0 Å². The van der Waals surface area contributed by atoms with Crippen molar-refractivity contribution in [2.75, 3.05) is 20.3 Å². The van der Waals surface area contributed by atoms with Crippen molar-refractivity contribution in [3.8, 4) is 0 Å². The highest BCUT2D eigenvalue weighted by Crippen LogP contribution is 2.32. The van der Waals surface area contributed by atoms with Gasteiger partial charge >= 0.3 is 0 Å². The Kier molecular flexibility index (Phi) is 6.52. The molecule has 1 aliphatic rings. The summed E-state index contributed by atoms with van der Waals surface area (Å²) in [6.45, 7) is 1.49. The molecule has 1 rings (SSSR count). The molecule has 0 radical (unpaired) electrons. The average molecular weight is 243 g/mol. The van der Waals surface area contributed by atoms with Gasteiger partial charge in [0.05, 0.1) is 12.0 Å². The molecule has 4 nitrogen and oxygen atoms in total. The van der Waals surface area contributed by atoms with Crippen LogP contribution in [0.2, 0.25) is 0 Å². The number of carbonyl (C=O) groups excluding carboxylic acids is 1. The SMILES string of the molecule is COCCCCCNC(=O)CC1(O)CCCC1. The van der Waals surface area contributed by atoms with Crippen LogP contribution in [-0.2, 0) is 9.53 Å². The Bertz CT molecular complexity index is 225. The van der Waals surface area contributed by atoms with Gasteiger partial charge in [0.2, 0.25) is 5.91 Å². The number of hydrogen-bond donors (Lipinski definition) is 2. The number of rotatable bonds is 8. The second-order valence-electron chi connectivity index (χ2n) is 5.01. The van der Waals surface area contributed by atoms with Crippen LogP contribution in [0.5, 0.6) is 0 Å². The predicted octanol–water partition coefficient (Wildman–Crippen LogP) is 1.61. The lowest BCUT2D eigenvalue weighted by molar-refractivity contribution is -0.125. The molecule has 0 atom stereocenters. The minimum Gasteiger partial charge on any atom is -0.389 e. The normalized spacial score (nSPS) is 18.2. The molecule has 17 heavy (non-hydrogen) atoms. The summed E-state index contributed by atoms with van der Waals surface area (Å²) < 4.78 is 4.95. The zero-order valence-electron chi connectivity index (χ0n) is 10.8. The van der Waals surface area contributed by atoms with E-state index in [1.165, 1.54) is 0 Å². The Morgan fingerprint density at radius 3 is 2.65 bits per heavy atom. The topological polar surface area (TPSA) is 58.6 Å². The quantitative estimate of drug-likeness (QED) is 0.637. The van der Waals surface area contributed by atoms with E-state index in [1.807, 2.05) is 0 Å². The van der Waals surface area contributed by atoms with Crippen molar-refractivity contribution in [1.29, 1.82) is 0 Å². The Morgan fingerprint density at radius 1 is 1.29 bits per heavy atom. The van der Waals surface area contributed by atoms with Crippen LogP contribution < -0.4 is 5.32 Å². The zero-order chi connectivity index (χ0) is 12.6. The van der Waals surface area contributed by atoms with Crippen LogP contribution in [0.4, 0.5) is 0 Å². The number of aliphatic hydroxyl groups is 1. The van der Waals surface area contributed by atoms with E-state index in [9.17, 15) is 9.90 Å². The molecule has 0 bridgehead atoms.